The predicted octanol–water partition coefficient (Wildman–Crippen LogP) is 0.411. The molecule has 0 amide bonds. The van der Waals surface area contributed by atoms with Gasteiger partial charge in [-0.1, -0.05) is 6.92 Å². The standard InChI is InChI=1S/C9H20N2O2S2/c1-3-10-6-7-15(12,13)11-8-9(14-2)4-5-9/h10-11H,3-8H2,1-2H3. The van der Waals surface area contributed by atoms with Crippen LogP contribution in [0.4, 0.5) is 0 Å². The maximum atomic E-state index is 11.5. The molecule has 0 aromatic carbocycles. The number of sulfonamides is 1. The lowest BCUT2D eigenvalue weighted by molar-refractivity contribution is 0.576. The highest BCUT2D eigenvalue weighted by molar-refractivity contribution is 8.00. The Morgan fingerprint density at radius 2 is 2.07 bits per heavy atom. The summed E-state index contributed by atoms with van der Waals surface area (Å²) >= 11 is 1.76. The summed E-state index contributed by atoms with van der Waals surface area (Å²) in [6.07, 6.45) is 4.30. The van der Waals surface area contributed by atoms with Gasteiger partial charge in [0.05, 0.1) is 5.75 Å². The minimum atomic E-state index is -3.08. The molecule has 0 unspecified atom stereocenters. The van der Waals surface area contributed by atoms with Crippen LogP contribution in [0.5, 0.6) is 0 Å². The second-order valence-electron chi connectivity index (χ2n) is 3.88. The fraction of sp³-hybridized carbons (Fsp3) is 1.00. The van der Waals surface area contributed by atoms with E-state index < -0.39 is 10.0 Å². The van der Waals surface area contributed by atoms with E-state index in [4.69, 9.17) is 0 Å². The first-order chi connectivity index (χ1) is 7.04. The topological polar surface area (TPSA) is 58.2 Å². The molecule has 0 aliphatic heterocycles. The summed E-state index contributed by atoms with van der Waals surface area (Å²) in [6.45, 7) is 3.89. The summed E-state index contributed by atoms with van der Waals surface area (Å²) < 4.78 is 26.0. The van der Waals surface area contributed by atoms with Crippen molar-refractivity contribution in [1.29, 1.82) is 0 Å². The van der Waals surface area contributed by atoms with Crippen molar-refractivity contribution in [2.75, 3.05) is 31.6 Å². The minimum absolute atomic E-state index is 0.172. The van der Waals surface area contributed by atoms with E-state index in [1.165, 1.54) is 0 Å². The summed E-state index contributed by atoms with van der Waals surface area (Å²) in [5.74, 6) is 0.172. The van der Waals surface area contributed by atoms with Crippen molar-refractivity contribution in [3.05, 3.63) is 0 Å². The van der Waals surface area contributed by atoms with Gasteiger partial charge in [0.1, 0.15) is 0 Å². The fourth-order valence-corrected chi connectivity index (χ4v) is 3.16. The Kier molecular flexibility index (Phi) is 4.89. The van der Waals surface area contributed by atoms with Crippen molar-refractivity contribution in [3.8, 4) is 0 Å². The Labute approximate surface area is 96.6 Å². The molecule has 2 N–H and O–H groups in total. The van der Waals surface area contributed by atoms with Crippen LogP contribution in [-0.4, -0.2) is 44.8 Å². The Morgan fingerprint density at radius 1 is 1.40 bits per heavy atom. The molecule has 0 bridgehead atoms. The summed E-state index contributed by atoms with van der Waals surface area (Å²) in [7, 11) is -3.08. The summed E-state index contributed by atoms with van der Waals surface area (Å²) in [4.78, 5) is 0. The molecule has 1 saturated carbocycles. The fourth-order valence-electron chi connectivity index (χ4n) is 1.29. The maximum absolute atomic E-state index is 11.5. The molecule has 1 aliphatic carbocycles. The number of nitrogens with one attached hydrogen (secondary N) is 2. The van der Waals surface area contributed by atoms with Crippen LogP contribution in [0.1, 0.15) is 19.8 Å². The van der Waals surface area contributed by atoms with E-state index in [1.807, 2.05) is 13.2 Å². The average Bonchev–Trinajstić information content (AvgIpc) is 2.96. The van der Waals surface area contributed by atoms with Gasteiger partial charge in [-0.3, -0.25) is 0 Å². The Balaban J connectivity index is 2.24. The highest BCUT2D eigenvalue weighted by Crippen LogP contribution is 2.46. The van der Waals surface area contributed by atoms with Crippen LogP contribution in [0, 0.1) is 0 Å². The molecule has 6 heteroatoms. The van der Waals surface area contributed by atoms with Gasteiger partial charge in [-0.15, -0.1) is 0 Å². The number of hydrogen-bond acceptors (Lipinski definition) is 4. The molecule has 0 spiro atoms. The SMILES string of the molecule is CCNCCS(=O)(=O)NCC1(SC)CC1. The smallest absolute Gasteiger partial charge is 0.212 e. The first kappa shape index (κ1) is 13.3. The van der Waals surface area contributed by atoms with Gasteiger partial charge in [0.25, 0.3) is 0 Å². The van der Waals surface area contributed by atoms with Gasteiger partial charge in [0.15, 0.2) is 0 Å². The molecular weight excluding hydrogens is 232 g/mol. The van der Waals surface area contributed by atoms with Crippen LogP contribution in [0.2, 0.25) is 0 Å². The molecule has 4 nitrogen and oxygen atoms in total. The quantitative estimate of drug-likeness (QED) is 0.614. The van der Waals surface area contributed by atoms with Gasteiger partial charge in [-0.05, 0) is 25.6 Å². The van der Waals surface area contributed by atoms with Gasteiger partial charge >= 0.3 is 0 Å². The highest BCUT2D eigenvalue weighted by atomic mass is 32.2. The lowest BCUT2D eigenvalue weighted by atomic mass is 10.4. The molecule has 0 saturated heterocycles. The monoisotopic (exact) mass is 252 g/mol. The third kappa shape index (κ3) is 4.72. The summed E-state index contributed by atoms with van der Waals surface area (Å²) in [5, 5.41) is 3.01. The molecule has 0 atom stereocenters. The molecule has 15 heavy (non-hydrogen) atoms. The molecule has 1 aliphatic rings. The van der Waals surface area contributed by atoms with Crippen molar-refractivity contribution < 1.29 is 8.42 Å². The molecule has 90 valence electrons. The van der Waals surface area contributed by atoms with Crippen LogP contribution in [0.15, 0.2) is 0 Å². The minimum Gasteiger partial charge on any atom is -0.316 e. The van der Waals surface area contributed by atoms with E-state index in [0.29, 0.717) is 13.1 Å². The summed E-state index contributed by atoms with van der Waals surface area (Å²) in [6, 6.07) is 0. The number of thioether (sulfide) groups is 1. The Morgan fingerprint density at radius 3 is 2.53 bits per heavy atom. The third-order valence-electron chi connectivity index (χ3n) is 2.65. The van der Waals surface area contributed by atoms with Crippen LogP contribution in [-0.2, 0) is 10.0 Å². The van der Waals surface area contributed by atoms with E-state index in [1.54, 1.807) is 11.8 Å². The summed E-state index contributed by atoms with van der Waals surface area (Å²) in [5.41, 5.74) is 0. The van der Waals surface area contributed by atoms with Crippen molar-refractivity contribution in [1.82, 2.24) is 10.0 Å². The second-order valence-corrected chi connectivity index (χ2v) is 7.08. The van der Waals surface area contributed by atoms with E-state index >= 15 is 0 Å². The number of hydrogen-bond donors (Lipinski definition) is 2. The maximum Gasteiger partial charge on any atom is 0.212 e. The van der Waals surface area contributed by atoms with E-state index in [0.717, 1.165) is 19.4 Å². The first-order valence-corrected chi connectivity index (χ1v) is 8.14. The van der Waals surface area contributed by atoms with Crippen molar-refractivity contribution in [3.63, 3.8) is 0 Å². The van der Waals surface area contributed by atoms with E-state index in [-0.39, 0.29) is 10.5 Å². The molecule has 0 heterocycles. The van der Waals surface area contributed by atoms with Crippen LogP contribution in [0.25, 0.3) is 0 Å². The lowest BCUT2D eigenvalue weighted by Gasteiger charge is -2.13. The van der Waals surface area contributed by atoms with Gasteiger partial charge in [-0.2, -0.15) is 11.8 Å². The first-order valence-electron chi connectivity index (χ1n) is 5.27. The largest absolute Gasteiger partial charge is 0.316 e. The normalized spacial score (nSPS) is 19.1. The molecule has 1 rings (SSSR count). The van der Waals surface area contributed by atoms with Crippen LogP contribution < -0.4 is 10.0 Å². The van der Waals surface area contributed by atoms with Crippen molar-refractivity contribution >= 4 is 21.8 Å². The zero-order chi connectivity index (χ0) is 11.4. The Bertz CT molecular complexity index is 286. The molecular formula is C9H20N2O2S2. The lowest BCUT2D eigenvalue weighted by Crippen LogP contribution is -2.36. The number of rotatable bonds is 8. The van der Waals surface area contributed by atoms with Gasteiger partial charge in [-0.25, -0.2) is 13.1 Å². The highest BCUT2D eigenvalue weighted by Gasteiger charge is 2.42. The molecule has 0 radical (unpaired) electrons. The molecule has 0 aromatic heterocycles. The molecule has 0 aromatic rings. The van der Waals surface area contributed by atoms with Crippen LogP contribution in [0.3, 0.4) is 0 Å². The predicted molar refractivity (Wildman–Crippen MR) is 65.8 cm³/mol. The van der Waals surface area contributed by atoms with Gasteiger partial charge in [0.2, 0.25) is 10.0 Å². The van der Waals surface area contributed by atoms with E-state index in [9.17, 15) is 8.42 Å². The second kappa shape index (κ2) is 5.52. The zero-order valence-corrected chi connectivity index (χ0v) is 11.0. The average molecular weight is 252 g/mol. The van der Waals surface area contributed by atoms with Gasteiger partial charge in [0, 0.05) is 17.8 Å². The Hall–Kier alpha value is 0.220. The van der Waals surface area contributed by atoms with Gasteiger partial charge < -0.3 is 5.32 Å². The third-order valence-corrected chi connectivity index (χ3v) is 5.40. The molecule has 1 fully saturated rings. The zero-order valence-electron chi connectivity index (χ0n) is 9.38. The van der Waals surface area contributed by atoms with E-state index in [2.05, 4.69) is 10.0 Å². The van der Waals surface area contributed by atoms with Crippen molar-refractivity contribution in [2.45, 2.75) is 24.5 Å². The van der Waals surface area contributed by atoms with Crippen LogP contribution >= 0.6 is 11.8 Å². The van der Waals surface area contributed by atoms with Crippen molar-refractivity contribution in [2.24, 2.45) is 0 Å².